The fourth-order valence-corrected chi connectivity index (χ4v) is 4.28. The molecule has 0 unspecified atom stereocenters. The van der Waals surface area contributed by atoms with Crippen LogP contribution in [-0.4, -0.2) is 17.6 Å². The van der Waals surface area contributed by atoms with Crippen molar-refractivity contribution in [2.75, 3.05) is 12.4 Å². The van der Waals surface area contributed by atoms with Crippen LogP contribution >= 0.6 is 11.8 Å². The van der Waals surface area contributed by atoms with Crippen molar-refractivity contribution in [3.63, 3.8) is 0 Å². The zero-order valence-electron chi connectivity index (χ0n) is 17.1. The van der Waals surface area contributed by atoms with Gasteiger partial charge in [0.15, 0.2) is 5.75 Å². The van der Waals surface area contributed by atoms with E-state index in [1.54, 1.807) is 28.6 Å². The highest BCUT2D eigenvalue weighted by molar-refractivity contribution is 7.98. The van der Waals surface area contributed by atoms with E-state index in [1.807, 2.05) is 72.8 Å². The van der Waals surface area contributed by atoms with E-state index in [-0.39, 0.29) is 23.6 Å². The third kappa shape index (κ3) is 4.98. The first-order chi connectivity index (χ1) is 15.1. The molecule has 4 aromatic rings. The maximum atomic E-state index is 12.9. The number of ether oxygens (including phenoxy) is 1. The lowest BCUT2D eigenvalue weighted by Crippen LogP contribution is -2.22. The molecule has 4 rings (SSSR count). The average Bonchev–Trinajstić information content (AvgIpc) is 2.80. The van der Waals surface area contributed by atoms with Gasteiger partial charge in [0.2, 0.25) is 11.3 Å². The van der Waals surface area contributed by atoms with E-state index in [2.05, 4.69) is 5.32 Å². The van der Waals surface area contributed by atoms with Crippen LogP contribution in [0.3, 0.4) is 0 Å². The Morgan fingerprint density at radius 3 is 2.55 bits per heavy atom. The summed E-state index contributed by atoms with van der Waals surface area (Å²) < 4.78 is 6.96. The van der Waals surface area contributed by atoms with Crippen LogP contribution in [0, 0.1) is 0 Å². The van der Waals surface area contributed by atoms with Crippen LogP contribution in [0.25, 0.3) is 10.8 Å². The molecule has 0 aliphatic heterocycles. The second-order valence-electron chi connectivity index (χ2n) is 7.00. The van der Waals surface area contributed by atoms with Crippen LogP contribution < -0.4 is 15.5 Å². The molecule has 6 heteroatoms. The highest BCUT2D eigenvalue weighted by Gasteiger charge is 2.12. The third-order valence-electron chi connectivity index (χ3n) is 4.91. The number of hydrogen-bond acceptors (Lipinski definition) is 4. The van der Waals surface area contributed by atoms with Crippen LogP contribution in [0.15, 0.2) is 94.7 Å². The fourth-order valence-electron chi connectivity index (χ4n) is 3.37. The normalized spacial score (nSPS) is 10.7. The number of pyridine rings is 1. The Morgan fingerprint density at radius 2 is 1.74 bits per heavy atom. The van der Waals surface area contributed by atoms with Crippen LogP contribution in [0.2, 0.25) is 0 Å². The monoisotopic (exact) mass is 430 g/mol. The first-order valence-electron chi connectivity index (χ1n) is 9.87. The van der Waals surface area contributed by atoms with Gasteiger partial charge in [-0.1, -0.05) is 54.6 Å². The first-order valence-corrected chi connectivity index (χ1v) is 10.9. The molecule has 156 valence electrons. The van der Waals surface area contributed by atoms with Crippen molar-refractivity contribution in [1.29, 1.82) is 0 Å². The molecule has 0 radical (unpaired) electrons. The van der Waals surface area contributed by atoms with Crippen molar-refractivity contribution >= 4 is 34.1 Å². The predicted molar refractivity (Wildman–Crippen MR) is 126 cm³/mol. The molecule has 0 saturated heterocycles. The second-order valence-corrected chi connectivity index (χ2v) is 8.05. The zero-order valence-corrected chi connectivity index (χ0v) is 17.9. The van der Waals surface area contributed by atoms with Gasteiger partial charge >= 0.3 is 0 Å². The number of thioether (sulfide) groups is 1. The molecule has 1 amide bonds. The molecule has 1 aromatic heterocycles. The number of rotatable bonds is 7. The molecule has 0 aliphatic carbocycles. The number of anilines is 1. The minimum absolute atomic E-state index is 0.0740. The molecule has 0 spiro atoms. The summed E-state index contributed by atoms with van der Waals surface area (Å²) in [6.07, 6.45) is 1.60. The lowest BCUT2D eigenvalue weighted by atomic mass is 10.1. The van der Waals surface area contributed by atoms with Gasteiger partial charge < -0.3 is 14.6 Å². The van der Waals surface area contributed by atoms with Crippen LogP contribution in [0.4, 0.5) is 5.69 Å². The summed E-state index contributed by atoms with van der Waals surface area (Å²) in [6.45, 7) is 0.0740. The lowest BCUT2D eigenvalue weighted by molar-refractivity contribution is -0.116. The summed E-state index contributed by atoms with van der Waals surface area (Å²) in [4.78, 5) is 26.3. The minimum atomic E-state index is -0.197. The summed E-state index contributed by atoms with van der Waals surface area (Å²) in [5, 5.41) is 5.04. The average molecular weight is 431 g/mol. The third-order valence-corrected chi connectivity index (χ3v) is 5.96. The smallest absolute Gasteiger partial charge is 0.244 e. The van der Waals surface area contributed by atoms with Gasteiger partial charge in [0.25, 0.3) is 0 Å². The summed E-state index contributed by atoms with van der Waals surface area (Å²) in [5.74, 6) is 0.601. The molecule has 5 nitrogen and oxygen atoms in total. The van der Waals surface area contributed by atoms with Crippen molar-refractivity contribution in [1.82, 2.24) is 4.57 Å². The Morgan fingerprint density at radius 1 is 1.00 bits per heavy atom. The first kappa shape index (κ1) is 20.8. The van der Waals surface area contributed by atoms with Gasteiger partial charge in [-0.25, -0.2) is 0 Å². The van der Waals surface area contributed by atoms with Crippen molar-refractivity contribution in [3.05, 3.63) is 101 Å². The summed E-state index contributed by atoms with van der Waals surface area (Å²) in [6, 6.07) is 25.2. The molecule has 0 bridgehead atoms. The zero-order chi connectivity index (χ0) is 21.6. The standard InChI is InChI=1S/C25H22N2O3S/c1-30-24-15-27(19(14-23(24)28)17-31-20-10-3-2-4-11-20)16-25(29)26-22-13-7-9-18-8-5-6-12-21(18)22/h2-15H,16-17H2,1H3,(H,26,29). The maximum Gasteiger partial charge on any atom is 0.244 e. The van der Waals surface area contributed by atoms with Crippen molar-refractivity contribution in [2.24, 2.45) is 0 Å². The van der Waals surface area contributed by atoms with E-state index in [0.717, 1.165) is 27.0 Å². The Labute approximate surface area is 184 Å². The Balaban J connectivity index is 1.57. The summed E-state index contributed by atoms with van der Waals surface area (Å²) in [5.41, 5.74) is 1.32. The number of nitrogens with one attached hydrogen (secondary N) is 1. The Hall–Kier alpha value is -3.51. The molecule has 0 saturated carbocycles. The number of amides is 1. The molecule has 0 atom stereocenters. The molecule has 3 aromatic carbocycles. The topological polar surface area (TPSA) is 60.3 Å². The highest BCUT2D eigenvalue weighted by Crippen LogP contribution is 2.24. The number of benzene rings is 3. The molecule has 0 fully saturated rings. The van der Waals surface area contributed by atoms with E-state index in [4.69, 9.17) is 4.74 Å². The number of carbonyl (C=O) groups is 1. The van der Waals surface area contributed by atoms with E-state index < -0.39 is 0 Å². The number of carbonyl (C=O) groups excluding carboxylic acids is 1. The van der Waals surface area contributed by atoms with E-state index in [9.17, 15) is 9.59 Å². The van der Waals surface area contributed by atoms with E-state index >= 15 is 0 Å². The number of methoxy groups -OCH3 is 1. The molecule has 1 N–H and O–H groups in total. The number of nitrogens with zero attached hydrogens (tertiary/aromatic N) is 1. The van der Waals surface area contributed by atoms with Gasteiger partial charge in [-0.05, 0) is 23.6 Å². The molecular formula is C25H22N2O3S. The lowest BCUT2D eigenvalue weighted by Gasteiger charge is -2.15. The van der Waals surface area contributed by atoms with Gasteiger partial charge in [-0.2, -0.15) is 0 Å². The Bertz CT molecular complexity index is 1260. The van der Waals surface area contributed by atoms with Crippen LogP contribution in [-0.2, 0) is 17.1 Å². The van der Waals surface area contributed by atoms with E-state index in [0.29, 0.717) is 5.75 Å². The predicted octanol–water partition coefficient (Wildman–Crippen LogP) is 4.94. The highest BCUT2D eigenvalue weighted by atomic mass is 32.2. The summed E-state index contributed by atoms with van der Waals surface area (Å²) >= 11 is 1.61. The van der Waals surface area contributed by atoms with Gasteiger partial charge in [0.1, 0.15) is 6.54 Å². The second kappa shape index (κ2) is 9.53. The number of aromatic nitrogens is 1. The van der Waals surface area contributed by atoms with Crippen LogP contribution in [0.5, 0.6) is 5.75 Å². The molecular weight excluding hydrogens is 408 g/mol. The fraction of sp³-hybridized carbons (Fsp3) is 0.120. The number of fused-ring (bicyclic) bond motifs is 1. The number of hydrogen-bond donors (Lipinski definition) is 1. The van der Waals surface area contributed by atoms with Gasteiger partial charge in [-0.15, -0.1) is 11.8 Å². The van der Waals surface area contributed by atoms with Gasteiger partial charge in [-0.3, -0.25) is 9.59 Å². The van der Waals surface area contributed by atoms with Crippen molar-refractivity contribution < 1.29 is 9.53 Å². The summed E-state index contributed by atoms with van der Waals surface area (Å²) in [7, 11) is 1.45. The minimum Gasteiger partial charge on any atom is -0.491 e. The molecule has 31 heavy (non-hydrogen) atoms. The van der Waals surface area contributed by atoms with Gasteiger partial charge in [0.05, 0.1) is 13.3 Å². The van der Waals surface area contributed by atoms with Gasteiger partial charge in [0, 0.05) is 33.5 Å². The SMILES string of the molecule is COc1cn(CC(=O)Nc2cccc3ccccc23)c(CSc2ccccc2)cc1=O. The maximum absolute atomic E-state index is 12.9. The van der Waals surface area contributed by atoms with Crippen molar-refractivity contribution in [2.45, 2.75) is 17.2 Å². The van der Waals surface area contributed by atoms with Crippen LogP contribution in [0.1, 0.15) is 5.69 Å². The molecule has 1 heterocycles. The quantitative estimate of drug-likeness (QED) is 0.422. The largest absolute Gasteiger partial charge is 0.491 e. The van der Waals surface area contributed by atoms with E-state index in [1.165, 1.54) is 7.11 Å². The molecule has 0 aliphatic rings. The van der Waals surface area contributed by atoms with Crippen molar-refractivity contribution in [3.8, 4) is 5.75 Å². The Kier molecular flexibility index (Phi) is 6.38.